The minimum absolute atomic E-state index is 0.00931. The van der Waals surface area contributed by atoms with E-state index in [0.29, 0.717) is 52.6 Å². The molecule has 1 unspecified atom stereocenters. The molecule has 82 heavy (non-hydrogen) atoms. The van der Waals surface area contributed by atoms with E-state index < -0.39 is 65.0 Å². The van der Waals surface area contributed by atoms with E-state index in [0.717, 1.165) is 22.3 Å². The fourth-order valence-electron chi connectivity index (χ4n) is 12.4. The van der Waals surface area contributed by atoms with Crippen LogP contribution in [0.1, 0.15) is 126 Å². The van der Waals surface area contributed by atoms with Gasteiger partial charge in [-0.3, -0.25) is 9.59 Å². The molecule has 2 spiro atoms. The molecule has 7 aliphatic rings. The maximum atomic E-state index is 14.9. The lowest BCUT2D eigenvalue weighted by atomic mass is 9.72. The van der Waals surface area contributed by atoms with E-state index >= 15 is 0 Å². The second-order valence-electron chi connectivity index (χ2n) is 22.4. The highest BCUT2D eigenvalue weighted by Gasteiger charge is 2.63. The molecule has 8 bridgehead atoms. The average molecular weight is 1120 g/mol. The number of hydrogen-bond acceptors (Lipinski definition) is 18. The summed E-state index contributed by atoms with van der Waals surface area (Å²) in [6.45, 7) is 11.6. The van der Waals surface area contributed by atoms with Crippen LogP contribution in [0.5, 0.6) is 11.5 Å². The van der Waals surface area contributed by atoms with Crippen LogP contribution in [0.2, 0.25) is 0 Å². The zero-order chi connectivity index (χ0) is 57.3. The molecule has 0 saturated heterocycles. The zero-order valence-corrected chi connectivity index (χ0v) is 45.8. The summed E-state index contributed by atoms with van der Waals surface area (Å²) in [5, 5.41) is 13.0. The van der Waals surface area contributed by atoms with Gasteiger partial charge in [0.05, 0.1) is 14.2 Å². The number of fused-ring (bicyclic) bond motifs is 8. The number of esters is 2. The largest absolute Gasteiger partial charge is 0.473 e. The number of oxazole rings is 3. The summed E-state index contributed by atoms with van der Waals surface area (Å²) in [4.78, 5) is 69.7. The first-order valence-electron chi connectivity index (χ1n) is 27.1. The Morgan fingerprint density at radius 2 is 1.16 bits per heavy atom. The molecule has 14 rings (SSSR count). The Kier molecular flexibility index (Phi) is 12.3. The lowest BCUT2D eigenvalue weighted by Crippen LogP contribution is -2.41. The van der Waals surface area contributed by atoms with Gasteiger partial charge in [0.25, 0.3) is 0 Å². The summed E-state index contributed by atoms with van der Waals surface area (Å²) in [7, 11) is 2.54. The van der Waals surface area contributed by atoms with Gasteiger partial charge in [0.2, 0.25) is 35.4 Å². The van der Waals surface area contributed by atoms with Crippen LogP contribution in [0.15, 0.2) is 97.3 Å². The van der Waals surface area contributed by atoms with Gasteiger partial charge in [-0.15, -0.1) is 0 Å². The Hall–Kier alpha value is -9.08. The number of aromatic nitrogens is 3. The minimum Gasteiger partial charge on any atom is -0.473 e. The molecule has 0 aliphatic carbocycles. The first-order valence-corrected chi connectivity index (χ1v) is 27.1. The molecule has 7 aliphatic heterocycles. The van der Waals surface area contributed by atoms with Crippen molar-refractivity contribution < 1.29 is 64.9 Å². The van der Waals surface area contributed by atoms with Gasteiger partial charge < -0.3 is 58.2 Å². The average Bonchev–Trinajstić information content (AvgIpc) is 3.63. The fourth-order valence-corrected chi connectivity index (χ4v) is 12.4. The van der Waals surface area contributed by atoms with Crippen molar-refractivity contribution in [3.63, 3.8) is 0 Å². The molecule has 2 amide bonds. The molecule has 7 aromatic rings. The quantitative estimate of drug-likeness (QED) is 0.114. The van der Waals surface area contributed by atoms with Gasteiger partial charge in [-0.1, -0.05) is 65.8 Å². The summed E-state index contributed by atoms with van der Waals surface area (Å²) in [6.07, 6.45) is 0.741. The molecule has 4 aromatic carbocycles. The third kappa shape index (κ3) is 7.94. The van der Waals surface area contributed by atoms with Crippen LogP contribution in [0.4, 0.5) is 20.2 Å². The van der Waals surface area contributed by atoms with Gasteiger partial charge in [-0.25, -0.2) is 38.3 Å². The molecule has 20 nitrogen and oxygen atoms in total. The van der Waals surface area contributed by atoms with Crippen molar-refractivity contribution in [1.29, 1.82) is 0 Å². The van der Waals surface area contributed by atoms with E-state index in [1.54, 1.807) is 12.1 Å². The molecule has 422 valence electrons. The number of methoxy groups -OCH3 is 2. The lowest BCUT2D eigenvalue weighted by Gasteiger charge is -2.28. The molecule has 0 radical (unpaired) electrons. The Bertz CT molecular complexity index is 3850. The first kappa shape index (κ1) is 52.3. The number of carbonyl (C=O) groups is 4. The number of hydrogen-bond donors (Lipinski definition) is 4. The molecule has 0 fully saturated rings. The molecular formula is C60H56F2N8O12. The monoisotopic (exact) mass is 1120 g/mol. The maximum Gasteiger partial charge on any atom is 0.360 e. The highest BCUT2D eigenvalue weighted by molar-refractivity contribution is 5.98. The highest BCUT2D eigenvalue weighted by Crippen LogP contribution is 2.61. The number of benzene rings is 4. The van der Waals surface area contributed by atoms with Crippen LogP contribution in [-0.4, -0.2) is 83.9 Å². The molecule has 22 heteroatoms. The third-order valence-electron chi connectivity index (χ3n) is 16.5. The number of amides is 2. The Morgan fingerprint density at radius 3 is 1.66 bits per heavy atom. The van der Waals surface area contributed by atoms with Gasteiger partial charge in [0.1, 0.15) is 58.9 Å². The van der Waals surface area contributed by atoms with Gasteiger partial charge in [-0.05, 0) is 84.3 Å². The van der Waals surface area contributed by atoms with Crippen molar-refractivity contribution in [3.05, 3.63) is 159 Å². The standard InChI is InChI=1S/C30H29FN4O6.C30H27FN4O6/c2*1-13(2)22-27-35-23(26-32-20(12-39-26)28(37)38-4)24(41-27)30-17-11-16(31)6-7-19(17)33-29(30)40-21-8-5-15(10-18(21)30)9-14(3)25(36)34-22/h5-8,10-11,13-14,20,22,29,33H,9,12H2,1-4H3,(H,34,36);5-8,10-14,22,29,33H,9H2,1-4H3,(H,34,36)/t14-,20?,22-,29+,30-;14-,22-,29+,30-/m00/s1. The Morgan fingerprint density at radius 1 is 0.646 bits per heavy atom. The summed E-state index contributed by atoms with van der Waals surface area (Å²) in [5.74, 6) is -0.834. The van der Waals surface area contributed by atoms with Crippen molar-refractivity contribution in [1.82, 2.24) is 25.6 Å². The smallest absolute Gasteiger partial charge is 0.360 e. The molecule has 0 saturated carbocycles. The number of aliphatic imine (C=N–C) groups is 1. The van der Waals surface area contributed by atoms with E-state index in [-0.39, 0.29) is 88.5 Å². The summed E-state index contributed by atoms with van der Waals surface area (Å²) >= 11 is 0. The lowest BCUT2D eigenvalue weighted by molar-refractivity contribution is -0.142. The van der Waals surface area contributed by atoms with Crippen molar-refractivity contribution in [2.45, 2.75) is 95.8 Å². The van der Waals surface area contributed by atoms with Gasteiger partial charge in [-0.2, -0.15) is 0 Å². The number of carbonyl (C=O) groups excluding carboxylic acids is 4. The zero-order valence-electron chi connectivity index (χ0n) is 45.8. The van der Waals surface area contributed by atoms with E-state index in [9.17, 15) is 28.0 Å². The van der Waals surface area contributed by atoms with Gasteiger partial charge in [0.15, 0.2) is 47.1 Å². The van der Waals surface area contributed by atoms with E-state index in [4.69, 9.17) is 46.9 Å². The van der Waals surface area contributed by atoms with Crippen LogP contribution in [0.25, 0.3) is 11.6 Å². The number of halogens is 2. The van der Waals surface area contributed by atoms with Crippen LogP contribution >= 0.6 is 0 Å². The second-order valence-corrected chi connectivity index (χ2v) is 22.4. The van der Waals surface area contributed by atoms with E-state index in [1.807, 2.05) is 77.9 Å². The van der Waals surface area contributed by atoms with Crippen molar-refractivity contribution in [2.75, 3.05) is 31.5 Å². The van der Waals surface area contributed by atoms with Crippen LogP contribution < -0.4 is 30.7 Å². The SMILES string of the molecule is COC(=O)C1COC(c2nc3oc2[C@@]24c5cc(F)ccc5N[C@@H]2Oc2ccc(cc24)C[C@H](C)C(=O)N[C@H]3C(C)C)=N1.COC(=O)c1coc(-c2nc3oc2[C@@]24c5cc(F)ccc5N[C@@H]2Oc2ccc(cc24)C[C@H](C)C(=O)N[C@H]3C(C)C)n1. The molecule has 10 heterocycles. The number of anilines is 2. The van der Waals surface area contributed by atoms with E-state index in [2.05, 4.69) is 31.2 Å². The predicted octanol–water partition coefficient (Wildman–Crippen LogP) is 8.36. The van der Waals surface area contributed by atoms with Crippen LogP contribution in [-0.2, 0) is 52.3 Å². The van der Waals surface area contributed by atoms with E-state index in [1.165, 1.54) is 44.7 Å². The number of nitrogens with zero attached hydrogens (tertiary/aromatic N) is 4. The summed E-state index contributed by atoms with van der Waals surface area (Å²) in [5.41, 5.74) is 3.91. The topological polar surface area (TPSA) is 253 Å². The van der Waals surface area contributed by atoms with Crippen LogP contribution in [0.3, 0.4) is 0 Å². The Labute approximate surface area is 467 Å². The molecule has 3 aromatic heterocycles. The van der Waals surface area contributed by atoms with Crippen molar-refractivity contribution in [2.24, 2.45) is 28.7 Å². The third-order valence-corrected chi connectivity index (χ3v) is 16.5. The fraction of sp³-hybridized carbons (Fsp3) is 0.367. The van der Waals surface area contributed by atoms with Crippen molar-refractivity contribution in [3.8, 4) is 23.1 Å². The molecule has 4 N–H and O–H groups in total. The first-order chi connectivity index (χ1) is 39.4. The maximum absolute atomic E-state index is 14.9. The number of ether oxygens (including phenoxy) is 5. The number of rotatable bonds is 6. The molecule has 9 atom stereocenters. The highest BCUT2D eigenvalue weighted by atomic mass is 19.1. The minimum atomic E-state index is -1.20. The normalized spacial score (nSPS) is 25.7. The predicted molar refractivity (Wildman–Crippen MR) is 287 cm³/mol. The summed E-state index contributed by atoms with van der Waals surface area (Å²) in [6, 6.07) is 18.6. The van der Waals surface area contributed by atoms with Crippen molar-refractivity contribution >= 4 is 41.0 Å². The Balaban J connectivity index is 0.000000154. The number of nitrogens with one attached hydrogen (secondary N) is 4. The van der Waals surface area contributed by atoms with Gasteiger partial charge >= 0.3 is 11.9 Å². The second kappa shape index (κ2) is 19.3. The molecular weight excluding hydrogens is 1060 g/mol. The summed E-state index contributed by atoms with van der Waals surface area (Å²) < 4.78 is 77.5. The van der Waals surface area contributed by atoms with Crippen LogP contribution in [0, 0.1) is 35.3 Å². The van der Waals surface area contributed by atoms with Gasteiger partial charge in [0, 0.05) is 45.5 Å².